The average Bonchev–Trinajstić information content (AvgIpc) is 2.93. The van der Waals surface area contributed by atoms with Crippen molar-refractivity contribution in [2.24, 2.45) is 0 Å². The highest BCUT2D eigenvalue weighted by Gasteiger charge is 2.46. The summed E-state index contributed by atoms with van der Waals surface area (Å²) in [6, 6.07) is 7.81. The molecule has 1 aromatic carbocycles. The minimum absolute atomic E-state index is 0.374. The Hall–Kier alpha value is -1.02. The Labute approximate surface area is 90.5 Å². The molecule has 1 N–H and O–H groups in total. The molecule has 0 radical (unpaired) electrons. The van der Waals surface area contributed by atoms with E-state index in [2.05, 4.69) is 11.0 Å². The largest absolute Gasteiger partial charge is 0.508 e. The van der Waals surface area contributed by atoms with Crippen LogP contribution in [0.3, 0.4) is 0 Å². The summed E-state index contributed by atoms with van der Waals surface area (Å²) in [7, 11) is 0. The molecule has 1 heterocycles. The summed E-state index contributed by atoms with van der Waals surface area (Å²) in [5, 5.41) is 9.50. The molecule has 0 bridgehead atoms. The summed E-state index contributed by atoms with van der Waals surface area (Å²) in [6.07, 6.45) is 3.93. The first kappa shape index (κ1) is 9.22. The lowest BCUT2D eigenvalue weighted by Gasteiger charge is -2.34. The van der Waals surface area contributed by atoms with Gasteiger partial charge in [-0.2, -0.15) is 0 Å². The van der Waals surface area contributed by atoms with E-state index in [1.165, 1.54) is 44.5 Å². The predicted octanol–water partition coefficient (Wildman–Crippen LogP) is 2.13. The van der Waals surface area contributed by atoms with Crippen LogP contribution in [-0.4, -0.2) is 29.6 Å². The molecule has 0 spiro atoms. The molecule has 1 saturated heterocycles. The Kier molecular flexibility index (Phi) is 1.99. The van der Waals surface area contributed by atoms with E-state index >= 15 is 0 Å². The molecule has 2 nitrogen and oxygen atoms in total. The summed E-state index contributed by atoms with van der Waals surface area (Å²) < 4.78 is 0. The molecule has 1 aliphatic heterocycles. The van der Waals surface area contributed by atoms with Gasteiger partial charge < -0.3 is 10.0 Å². The number of benzene rings is 1. The van der Waals surface area contributed by atoms with E-state index in [0.717, 1.165) is 0 Å². The number of hydrogen-bond acceptors (Lipinski definition) is 2. The highest BCUT2D eigenvalue weighted by molar-refractivity contribution is 5.37. The number of rotatable bonds is 3. The molecule has 1 aromatic rings. The lowest BCUT2D eigenvalue weighted by Crippen LogP contribution is -2.42. The molecular weight excluding hydrogens is 186 g/mol. The van der Waals surface area contributed by atoms with Crippen LogP contribution in [-0.2, 0) is 5.41 Å². The van der Waals surface area contributed by atoms with Crippen molar-refractivity contribution in [2.45, 2.75) is 24.7 Å². The van der Waals surface area contributed by atoms with Crippen molar-refractivity contribution in [3.8, 4) is 5.75 Å². The van der Waals surface area contributed by atoms with Crippen LogP contribution in [0.4, 0.5) is 0 Å². The van der Waals surface area contributed by atoms with E-state index in [-0.39, 0.29) is 0 Å². The molecule has 1 aliphatic carbocycles. The first-order valence-electron chi connectivity index (χ1n) is 5.80. The van der Waals surface area contributed by atoms with Gasteiger partial charge in [0.25, 0.3) is 0 Å². The van der Waals surface area contributed by atoms with E-state index in [4.69, 9.17) is 0 Å². The van der Waals surface area contributed by atoms with Gasteiger partial charge in [0.05, 0.1) is 0 Å². The van der Waals surface area contributed by atoms with E-state index in [1.807, 2.05) is 12.1 Å². The van der Waals surface area contributed by atoms with Gasteiger partial charge in [-0.05, 0) is 50.0 Å². The number of nitrogens with zero attached hydrogens (tertiary/aromatic N) is 1. The van der Waals surface area contributed by atoms with Crippen LogP contribution in [0, 0.1) is 0 Å². The van der Waals surface area contributed by atoms with Gasteiger partial charge in [0.1, 0.15) is 5.75 Å². The van der Waals surface area contributed by atoms with Gasteiger partial charge >= 0.3 is 0 Å². The second-order valence-corrected chi connectivity index (χ2v) is 4.96. The molecule has 3 rings (SSSR count). The molecule has 80 valence electrons. The van der Waals surface area contributed by atoms with Crippen molar-refractivity contribution in [1.29, 1.82) is 0 Å². The Morgan fingerprint density at radius 1 is 1.27 bits per heavy atom. The molecule has 1 saturated carbocycles. The van der Waals surface area contributed by atoms with Crippen LogP contribution in [0.15, 0.2) is 24.3 Å². The molecule has 0 unspecified atom stereocenters. The summed E-state index contributed by atoms with van der Waals surface area (Å²) in [5.41, 5.74) is 1.70. The third kappa shape index (κ3) is 1.63. The van der Waals surface area contributed by atoms with Gasteiger partial charge in [0.15, 0.2) is 0 Å². The van der Waals surface area contributed by atoms with E-state index in [0.29, 0.717) is 11.2 Å². The quantitative estimate of drug-likeness (QED) is 0.813. The van der Waals surface area contributed by atoms with Crippen LogP contribution >= 0.6 is 0 Å². The second-order valence-electron chi connectivity index (χ2n) is 4.96. The average molecular weight is 203 g/mol. The fraction of sp³-hybridized carbons (Fsp3) is 0.538. The summed E-state index contributed by atoms with van der Waals surface area (Å²) in [5.74, 6) is 0.405. The molecule has 0 amide bonds. The van der Waals surface area contributed by atoms with Crippen LogP contribution in [0.25, 0.3) is 0 Å². The monoisotopic (exact) mass is 203 g/mol. The minimum atomic E-state index is 0.374. The van der Waals surface area contributed by atoms with E-state index < -0.39 is 0 Å². The second kappa shape index (κ2) is 3.24. The zero-order valence-corrected chi connectivity index (χ0v) is 8.95. The Morgan fingerprint density at radius 3 is 2.60 bits per heavy atom. The lowest BCUT2D eigenvalue weighted by molar-refractivity contribution is 0.164. The highest BCUT2D eigenvalue weighted by atomic mass is 16.3. The first-order valence-corrected chi connectivity index (χ1v) is 5.80. The predicted molar refractivity (Wildman–Crippen MR) is 60.1 cm³/mol. The van der Waals surface area contributed by atoms with Gasteiger partial charge in [-0.3, -0.25) is 0 Å². The zero-order chi connectivity index (χ0) is 10.3. The SMILES string of the molecule is Oc1cccc(C2(CN3CCC3)CC2)c1. The van der Waals surface area contributed by atoms with Crippen molar-refractivity contribution in [1.82, 2.24) is 4.90 Å². The third-order valence-electron chi connectivity index (χ3n) is 3.79. The fourth-order valence-corrected chi connectivity index (χ4v) is 2.49. The molecule has 2 heteroatoms. The normalized spacial score (nSPS) is 23.5. The smallest absolute Gasteiger partial charge is 0.115 e. The number of aromatic hydroxyl groups is 1. The van der Waals surface area contributed by atoms with Crippen molar-refractivity contribution in [2.75, 3.05) is 19.6 Å². The maximum absolute atomic E-state index is 9.50. The molecule has 0 atom stereocenters. The Morgan fingerprint density at radius 2 is 2.07 bits per heavy atom. The van der Waals surface area contributed by atoms with Crippen LogP contribution in [0.1, 0.15) is 24.8 Å². The van der Waals surface area contributed by atoms with Crippen molar-refractivity contribution in [3.05, 3.63) is 29.8 Å². The summed E-state index contributed by atoms with van der Waals surface area (Å²) in [6.45, 7) is 3.72. The van der Waals surface area contributed by atoms with Crippen LogP contribution < -0.4 is 0 Å². The zero-order valence-electron chi connectivity index (χ0n) is 8.95. The fourth-order valence-electron chi connectivity index (χ4n) is 2.49. The lowest BCUT2D eigenvalue weighted by atomic mass is 9.94. The minimum Gasteiger partial charge on any atom is -0.508 e. The van der Waals surface area contributed by atoms with Gasteiger partial charge in [0, 0.05) is 12.0 Å². The maximum atomic E-state index is 9.50. The van der Waals surface area contributed by atoms with E-state index in [9.17, 15) is 5.11 Å². The van der Waals surface area contributed by atoms with Gasteiger partial charge in [-0.25, -0.2) is 0 Å². The molecule has 15 heavy (non-hydrogen) atoms. The van der Waals surface area contributed by atoms with Crippen molar-refractivity contribution < 1.29 is 5.11 Å². The topological polar surface area (TPSA) is 23.5 Å². The molecule has 0 aromatic heterocycles. The number of hydrogen-bond donors (Lipinski definition) is 1. The van der Waals surface area contributed by atoms with Crippen molar-refractivity contribution in [3.63, 3.8) is 0 Å². The van der Waals surface area contributed by atoms with Gasteiger partial charge in [0.2, 0.25) is 0 Å². The molecular formula is C13H17NO. The van der Waals surface area contributed by atoms with Crippen molar-refractivity contribution >= 4 is 0 Å². The van der Waals surface area contributed by atoms with Crippen LogP contribution in [0.2, 0.25) is 0 Å². The first-order chi connectivity index (χ1) is 7.28. The van der Waals surface area contributed by atoms with Gasteiger partial charge in [-0.15, -0.1) is 0 Å². The van der Waals surface area contributed by atoms with Crippen LogP contribution in [0.5, 0.6) is 5.75 Å². The molecule has 2 fully saturated rings. The highest BCUT2D eigenvalue weighted by Crippen LogP contribution is 2.49. The maximum Gasteiger partial charge on any atom is 0.115 e. The number of likely N-dealkylation sites (tertiary alicyclic amines) is 1. The number of phenolic OH excluding ortho intramolecular Hbond substituents is 1. The molecule has 2 aliphatic rings. The van der Waals surface area contributed by atoms with Gasteiger partial charge in [-0.1, -0.05) is 12.1 Å². The number of phenols is 1. The van der Waals surface area contributed by atoms with E-state index in [1.54, 1.807) is 6.07 Å². The third-order valence-corrected chi connectivity index (χ3v) is 3.79. The standard InChI is InChI=1S/C13H17NO/c15-12-4-1-3-11(9-12)13(5-6-13)10-14-7-2-8-14/h1,3-4,9,15H,2,5-8,10H2. The Balaban J connectivity index is 1.79. The Bertz CT molecular complexity index is 367. The summed E-state index contributed by atoms with van der Waals surface area (Å²) >= 11 is 0. The summed E-state index contributed by atoms with van der Waals surface area (Å²) in [4.78, 5) is 2.52.